The van der Waals surface area contributed by atoms with Crippen LogP contribution in [-0.4, -0.2) is 19.3 Å². The number of esters is 1. The zero-order valence-corrected chi connectivity index (χ0v) is 9.48. The maximum absolute atomic E-state index is 11.1. The van der Waals surface area contributed by atoms with E-state index in [0.29, 0.717) is 6.42 Å². The van der Waals surface area contributed by atoms with Crippen LogP contribution < -0.4 is 0 Å². The van der Waals surface area contributed by atoms with Crippen molar-refractivity contribution in [1.29, 1.82) is 0 Å². The molecule has 0 aliphatic heterocycles. The average molecular weight is 210 g/mol. The number of methoxy groups -OCH3 is 1. The van der Waals surface area contributed by atoms with Crippen LogP contribution in [0.15, 0.2) is 23.1 Å². The highest BCUT2D eigenvalue weighted by atomic mass is 32.2. The number of aryl methyl sites for hydroxylation is 1. The summed E-state index contributed by atoms with van der Waals surface area (Å²) >= 11 is 1.67. The fourth-order valence-corrected chi connectivity index (χ4v) is 1.66. The minimum absolute atomic E-state index is 0.189. The summed E-state index contributed by atoms with van der Waals surface area (Å²) in [6.45, 7) is 2.00. The Morgan fingerprint density at radius 2 is 2.21 bits per heavy atom. The average Bonchev–Trinajstić information content (AvgIpc) is 2.21. The fraction of sp³-hybridized carbons (Fsp3) is 0.364. The summed E-state index contributed by atoms with van der Waals surface area (Å²) in [6, 6.07) is 6.13. The Bertz CT molecular complexity index is 334. The third-order valence-electron chi connectivity index (χ3n) is 2.12. The number of thioether (sulfide) groups is 1. The van der Waals surface area contributed by atoms with Crippen molar-refractivity contribution in [2.24, 2.45) is 0 Å². The maximum atomic E-state index is 11.1. The highest BCUT2D eigenvalue weighted by Crippen LogP contribution is 2.19. The first kappa shape index (κ1) is 11.1. The largest absolute Gasteiger partial charge is 0.469 e. The van der Waals surface area contributed by atoms with Crippen LogP contribution in [-0.2, 0) is 16.0 Å². The van der Waals surface area contributed by atoms with Crippen molar-refractivity contribution in [3.8, 4) is 0 Å². The molecule has 0 aliphatic carbocycles. The minimum Gasteiger partial charge on any atom is -0.469 e. The number of hydrogen-bond donors (Lipinski definition) is 0. The van der Waals surface area contributed by atoms with Gasteiger partial charge in [0.05, 0.1) is 13.5 Å². The molecule has 1 rings (SSSR count). The third kappa shape index (κ3) is 2.77. The standard InChI is InChI=1S/C11H14O2S/c1-8-4-5-10(14-3)6-9(8)7-11(12)13-2/h4-6H,7H2,1-3H3. The highest BCUT2D eigenvalue weighted by molar-refractivity contribution is 7.98. The number of benzene rings is 1. The lowest BCUT2D eigenvalue weighted by molar-refractivity contribution is -0.139. The minimum atomic E-state index is -0.189. The summed E-state index contributed by atoms with van der Waals surface area (Å²) in [6.07, 6.45) is 2.38. The van der Waals surface area contributed by atoms with Gasteiger partial charge in [-0.05, 0) is 36.4 Å². The van der Waals surface area contributed by atoms with Crippen LogP contribution in [0.4, 0.5) is 0 Å². The van der Waals surface area contributed by atoms with Gasteiger partial charge in [0, 0.05) is 4.90 Å². The van der Waals surface area contributed by atoms with Crippen LogP contribution in [0, 0.1) is 6.92 Å². The predicted octanol–water partition coefficient (Wildman–Crippen LogP) is 2.43. The molecule has 0 fully saturated rings. The van der Waals surface area contributed by atoms with E-state index in [1.165, 1.54) is 12.0 Å². The predicted molar refractivity (Wildman–Crippen MR) is 58.7 cm³/mol. The number of carbonyl (C=O) groups is 1. The zero-order valence-electron chi connectivity index (χ0n) is 8.66. The molecule has 2 nitrogen and oxygen atoms in total. The van der Waals surface area contributed by atoms with Gasteiger partial charge in [0.2, 0.25) is 0 Å². The summed E-state index contributed by atoms with van der Waals surface area (Å²) in [7, 11) is 1.41. The lowest BCUT2D eigenvalue weighted by Gasteiger charge is -2.06. The molecule has 0 bridgehead atoms. The summed E-state index contributed by atoms with van der Waals surface area (Å²) in [5, 5.41) is 0. The van der Waals surface area contributed by atoms with Gasteiger partial charge in [-0.1, -0.05) is 6.07 Å². The zero-order chi connectivity index (χ0) is 10.6. The molecule has 0 aromatic heterocycles. The molecule has 0 saturated heterocycles. The van der Waals surface area contributed by atoms with E-state index in [4.69, 9.17) is 0 Å². The van der Waals surface area contributed by atoms with Crippen molar-refractivity contribution in [1.82, 2.24) is 0 Å². The Morgan fingerprint density at radius 1 is 1.50 bits per heavy atom. The first-order valence-corrected chi connectivity index (χ1v) is 5.60. The molecule has 0 radical (unpaired) electrons. The summed E-state index contributed by atoms with van der Waals surface area (Å²) in [5.41, 5.74) is 2.18. The molecule has 0 spiro atoms. The first-order chi connectivity index (χ1) is 6.67. The Morgan fingerprint density at radius 3 is 2.79 bits per heavy atom. The van der Waals surface area contributed by atoms with E-state index in [0.717, 1.165) is 11.1 Å². The van der Waals surface area contributed by atoms with Crippen LogP contribution in [0.1, 0.15) is 11.1 Å². The molecule has 14 heavy (non-hydrogen) atoms. The second kappa shape index (κ2) is 5.05. The van der Waals surface area contributed by atoms with Gasteiger partial charge < -0.3 is 4.74 Å². The van der Waals surface area contributed by atoms with E-state index in [-0.39, 0.29) is 5.97 Å². The highest BCUT2D eigenvalue weighted by Gasteiger charge is 2.06. The van der Waals surface area contributed by atoms with Gasteiger partial charge >= 0.3 is 5.97 Å². The smallest absolute Gasteiger partial charge is 0.309 e. The number of carbonyl (C=O) groups excluding carboxylic acids is 1. The van der Waals surface area contributed by atoms with E-state index >= 15 is 0 Å². The monoisotopic (exact) mass is 210 g/mol. The van der Waals surface area contributed by atoms with Crippen LogP contribution in [0.3, 0.4) is 0 Å². The number of ether oxygens (including phenoxy) is 1. The normalized spacial score (nSPS) is 9.93. The van der Waals surface area contributed by atoms with Gasteiger partial charge in [0.25, 0.3) is 0 Å². The van der Waals surface area contributed by atoms with Gasteiger partial charge in [-0.25, -0.2) is 0 Å². The fourth-order valence-electron chi connectivity index (χ4n) is 1.19. The molecule has 0 atom stereocenters. The van der Waals surface area contributed by atoms with Crippen molar-refractivity contribution < 1.29 is 9.53 Å². The maximum Gasteiger partial charge on any atom is 0.309 e. The Hall–Kier alpha value is -0.960. The molecule has 0 unspecified atom stereocenters. The third-order valence-corrected chi connectivity index (χ3v) is 2.84. The Labute approximate surface area is 88.7 Å². The molecule has 1 aromatic rings. The molecule has 1 aromatic carbocycles. The summed E-state index contributed by atoms with van der Waals surface area (Å²) < 4.78 is 4.64. The topological polar surface area (TPSA) is 26.3 Å². The van der Waals surface area contributed by atoms with E-state index in [2.05, 4.69) is 10.8 Å². The molecule has 3 heteroatoms. The van der Waals surface area contributed by atoms with Gasteiger partial charge in [-0.15, -0.1) is 11.8 Å². The molecule has 0 aliphatic rings. The van der Waals surface area contributed by atoms with Crippen LogP contribution in [0.25, 0.3) is 0 Å². The Kier molecular flexibility index (Phi) is 4.01. The van der Waals surface area contributed by atoms with E-state index in [1.54, 1.807) is 11.8 Å². The lowest BCUT2D eigenvalue weighted by Crippen LogP contribution is -2.05. The molecule has 0 heterocycles. The molecular weight excluding hydrogens is 196 g/mol. The summed E-state index contributed by atoms with van der Waals surface area (Å²) in [5.74, 6) is -0.189. The van der Waals surface area contributed by atoms with Crippen molar-refractivity contribution >= 4 is 17.7 Å². The Balaban J connectivity index is 2.89. The van der Waals surface area contributed by atoms with Gasteiger partial charge in [-0.3, -0.25) is 4.79 Å². The van der Waals surface area contributed by atoms with Crippen molar-refractivity contribution in [3.05, 3.63) is 29.3 Å². The molecule has 0 N–H and O–H groups in total. The van der Waals surface area contributed by atoms with Crippen molar-refractivity contribution in [3.63, 3.8) is 0 Å². The summed E-state index contributed by atoms with van der Waals surface area (Å²) in [4.78, 5) is 12.3. The second-order valence-corrected chi connectivity index (χ2v) is 3.92. The molecular formula is C11H14O2S. The van der Waals surface area contributed by atoms with E-state index < -0.39 is 0 Å². The molecule has 0 saturated carbocycles. The molecule has 0 amide bonds. The van der Waals surface area contributed by atoms with Gasteiger partial charge in [0.15, 0.2) is 0 Å². The van der Waals surface area contributed by atoms with Crippen LogP contribution >= 0.6 is 11.8 Å². The van der Waals surface area contributed by atoms with Gasteiger partial charge in [0.1, 0.15) is 0 Å². The number of rotatable bonds is 3. The lowest BCUT2D eigenvalue weighted by atomic mass is 10.1. The van der Waals surface area contributed by atoms with Gasteiger partial charge in [-0.2, -0.15) is 0 Å². The van der Waals surface area contributed by atoms with Crippen molar-refractivity contribution in [2.45, 2.75) is 18.2 Å². The van der Waals surface area contributed by atoms with Crippen molar-refractivity contribution in [2.75, 3.05) is 13.4 Å². The van der Waals surface area contributed by atoms with Crippen LogP contribution in [0.5, 0.6) is 0 Å². The quantitative estimate of drug-likeness (QED) is 0.566. The second-order valence-electron chi connectivity index (χ2n) is 3.05. The molecule has 76 valence electrons. The van der Waals surface area contributed by atoms with E-state index in [1.807, 2.05) is 25.3 Å². The van der Waals surface area contributed by atoms with E-state index in [9.17, 15) is 4.79 Å². The SMILES string of the molecule is COC(=O)Cc1cc(SC)ccc1C. The first-order valence-electron chi connectivity index (χ1n) is 4.37. The number of hydrogen-bond acceptors (Lipinski definition) is 3. The van der Waals surface area contributed by atoms with Crippen LogP contribution in [0.2, 0.25) is 0 Å².